The number of nitrogen functional groups attached to an aromatic ring is 1. The number of nitrogens with zero attached hydrogens (tertiary/aromatic N) is 1. The molecule has 0 aliphatic carbocycles. The maximum absolute atomic E-state index is 13.5. The third-order valence-electron chi connectivity index (χ3n) is 3.03. The van der Waals surface area contributed by atoms with Crippen molar-refractivity contribution in [2.24, 2.45) is 5.73 Å². The summed E-state index contributed by atoms with van der Waals surface area (Å²) < 4.78 is 18.9. The molecule has 0 amide bonds. The molecular weight excluding hydrogens is 393 g/mol. The summed E-state index contributed by atoms with van der Waals surface area (Å²) >= 11 is 0. The van der Waals surface area contributed by atoms with Crippen molar-refractivity contribution in [3.63, 3.8) is 0 Å². The number of ether oxygens (including phenoxy) is 1. The van der Waals surface area contributed by atoms with Gasteiger partial charge in [-0.25, -0.2) is 19.1 Å². The van der Waals surface area contributed by atoms with Gasteiger partial charge in [-0.05, 0) is 59.2 Å². The molecule has 2 aromatic rings. The van der Waals surface area contributed by atoms with Crippen molar-refractivity contribution < 1.29 is 32.3 Å². The summed E-state index contributed by atoms with van der Waals surface area (Å²) in [4.78, 5) is 11.9. The number of nitrogens with two attached hydrogens (primary N) is 2. The van der Waals surface area contributed by atoms with Gasteiger partial charge < -0.3 is 16.2 Å². The molecule has 0 unspecified atom stereocenters. The van der Waals surface area contributed by atoms with Crippen LogP contribution in [-0.2, 0) is 22.9 Å². The van der Waals surface area contributed by atoms with Gasteiger partial charge in [-0.1, -0.05) is 12.1 Å². The van der Waals surface area contributed by atoms with E-state index in [1.165, 1.54) is 6.07 Å². The Balaban J connectivity index is -0.000000505. The van der Waals surface area contributed by atoms with Crippen molar-refractivity contribution in [3.8, 4) is 5.88 Å². The molecule has 1 aromatic heterocycles. The second-order valence-corrected chi connectivity index (χ2v) is 8.25. The SMILES string of the molecule is CC(C)(C)OO.CC(C)(C)OO.NCc1ccc(COc2cc(N)ccn2)cc1F.[HH].[HH]. The van der Waals surface area contributed by atoms with Crippen LogP contribution in [0.15, 0.2) is 36.5 Å². The van der Waals surface area contributed by atoms with Gasteiger partial charge in [0.05, 0.1) is 11.2 Å². The lowest BCUT2D eigenvalue weighted by atomic mass is 10.1. The maximum atomic E-state index is 13.5. The summed E-state index contributed by atoms with van der Waals surface area (Å²) in [6, 6.07) is 8.13. The van der Waals surface area contributed by atoms with Crippen LogP contribution < -0.4 is 16.2 Å². The predicted molar refractivity (Wildman–Crippen MR) is 118 cm³/mol. The summed E-state index contributed by atoms with van der Waals surface area (Å²) in [6.45, 7) is 11.0. The van der Waals surface area contributed by atoms with Crippen LogP contribution >= 0.6 is 0 Å². The van der Waals surface area contributed by atoms with Crippen molar-refractivity contribution in [1.82, 2.24) is 4.98 Å². The van der Waals surface area contributed by atoms with Crippen LogP contribution in [0.3, 0.4) is 0 Å². The smallest absolute Gasteiger partial charge is 0.215 e. The van der Waals surface area contributed by atoms with E-state index in [1.807, 2.05) is 0 Å². The Morgan fingerprint density at radius 3 is 1.93 bits per heavy atom. The predicted octanol–water partition coefficient (Wildman–Crippen LogP) is 4.88. The van der Waals surface area contributed by atoms with Crippen molar-refractivity contribution >= 4 is 5.69 Å². The van der Waals surface area contributed by atoms with Gasteiger partial charge in [0.15, 0.2) is 0 Å². The fourth-order valence-corrected chi connectivity index (χ4v) is 1.51. The fraction of sp³-hybridized carbons (Fsp3) is 0.476. The van der Waals surface area contributed by atoms with E-state index in [-0.39, 0.29) is 21.8 Å². The van der Waals surface area contributed by atoms with Crippen LogP contribution in [0.2, 0.25) is 0 Å². The van der Waals surface area contributed by atoms with Gasteiger partial charge in [0.25, 0.3) is 0 Å². The van der Waals surface area contributed by atoms with Crippen molar-refractivity contribution in [3.05, 3.63) is 53.5 Å². The lowest BCUT2D eigenvalue weighted by Gasteiger charge is -2.10. The van der Waals surface area contributed by atoms with Crippen LogP contribution in [0.25, 0.3) is 0 Å². The Labute approximate surface area is 180 Å². The van der Waals surface area contributed by atoms with Gasteiger partial charge in [-0.15, -0.1) is 0 Å². The first-order chi connectivity index (χ1) is 13.8. The van der Waals surface area contributed by atoms with E-state index in [0.717, 1.165) is 0 Å². The zero-order valence-corrected chi connectivity index (χ0v) is 18.5. The molecule has 0 spiro atoms. The van der Waals surface area contributed by atoms with E-state index >= 15 is 0 Å². The van der Waals surface area contributed by atoms with Gasteiger partial charge >= 0.3 is 0 Å². The molecule has 9 heteroatoms. The zero-order valence-electron chi connectivity index (χ0n) is 18.5. The van der Waals surface area contributed by atoms with E-state index in [1.54, 1.807) is 72.0 Å². The normalized spacial score (nSPS) is 11.0. The highest BCUT2D eigenvalue weighted by molar-refractivity contribution is 5.39. The minimum atomic E-state index is -0.403. The van der Waals surface area contributed by atoms with E-state index in [4.69, 9.17) is 26.7 Å². The van der Waals surface area contributed by atoms with E-state index in [2.05, 4.69) is 14.8 Å². The van der Waals surface area contributed by atoms with Gasteiger partial charge in [0.2, 0.25) is 5.88 Å². The van der Waals surface area contributed by atoms with Crippen LogP contribution in [0, 0.1) is 5.82 Å². The Hall–Kier alpha value is -2.30. The molecule has 8 nitrogen and oxygen atoms in total. The van der Waals surface area contributed by atoms with Crippen LogP contribution in [-0.4, -0.2) is 26.7 Å². The molecule has 2 rings (SSSR count). The molecule has 1 aromatic carbocycles. The summed E-state index contributed by atoms with van der Waals surface area (Å²) in [6.07, 6.45) is 1.56. The molecule has 0 aliphatic heterocycles. The highest BCUT2D eigenvalue weighted by Gasteiger charge is 2.07. The second-order valence-electron chi connectivity index (χ2n) is 8.25. The first-order valence-corrected chi connectivity index (χ1v) is 9.28. The van der Waals surface area contributed by atoms with Gasteiger partial charge in [-0.3, -0.25) is 10.5 Å². The minimum absolute atomic E-state index is 0. The molecule has 174 valence electrons. The van der Waals surface area contributed by atoms with E-state index in [9.17, 15) is 4.39 Å². The highest BCUT2D eigenvalue weighted by Crippen LogP contribution is 2.15. The summed E-state index contributed by atoms with van der Waals surface area (Å²) in [5.41, 5.74) is 12.0. The molecule has 0 saturated heterocycles. The summed E-state index contributed by atoms with van der Waals surface area (Å²) in [7, 11) is 0. The van der Waals surface area contributed by atoms with Gasteiger partial charge in [0, 0.05) is 32.9 Å². The summed E-state index contributed by atoms with van der Waals surface area (Å²) in [5.74, 6) is 0.0949. The number of benzene rings is 1. The van der Waals surface area contributed by atoms with Gasteiger partial charge in [0.1, 0.15) is 12.4 Å². The number of anilines is 1. The molecule has 1 heterocycles. The van der Waals surface area contributed by atoms with Crippen LogP contribution in [0.1, 0.15) is 55.5 Å². The number of hydrogen-bond donors (Lipinski definition) is 4. The average molecular weight is 432 g/mol. The highest BCUT2D eigenvalue weighted by atomic mass is 19.1. The Kier molecular flexibility index (Phi) is 12.1. The third kappa shape index (κ3) is 13.8. The molecule has 0 fully saturated rings. The standard InChI is InChI=1S/C13H14FN3O.2C4H10O2.2H2/c14-12-5-9(1-2-10(12)7-15)8-18-13-6-11(16)3-4-17-13;2*1-4(2,3)6-5;;/h1-6H,7-8,15H2,(H2,16,17);2*5H,1-3H3;2*1H. The molecule has 0 atom stereocenters. The zero-order chi connectivity index (χ0) is 23.4. The first kappa shape index (κ1) is 27.7. The molecule has 6 N–H and O–H groups in total. The number of hydrogen-bond acceptors (Lipinski definition) is 8. The molecule has 0 aliphatic rings. The maximum Gasteiger partial charge on any atom is 0.215 e. The summed E-state index contributed by atoms with van der Waals surface area (Å²) in [5, 5.41) is 15.8. The van der Waals surface area contributed by atoms with Crippen molar-refractivity contribution in [2.45, 2.75) is 65.9 Å². The first-order valence-electron chi connectivity index (χ1n) is 9.28. The molecule has 0 radical (unpaired) electrons. The number of rotatable bonds is 4. The van der Waals surface area contributed by atoms with E-state index < -0.39 is 11.2 Å². The quantitative estimate of drug-likeness (QED) is 0.397. The monoisotopic (exact) mass is 431 g/mol. The molecule has 30 heavy (non-hydrogen) atoms. The number of aromatic nitrogens is 1. The minimum Gasteiger partial charge on any atom is -0.473 e. The molecular formula is C21H38FN3O5. The fourth-order valence-electron chi connectivity index (χ4n) is 1.51. The number of pyridine rings is 1. The number of halogens is 1. The van der Waals surface area contributed by atoms with Crippen LogP contribution in [0.4, 0.5) is 10.1 Å². The second kappa shape index (κ2) is 13.1. The Morgan fingerprint density at radius 2 is 1.53 bits per heavy atom. The Bertz CT molecular complexity index is 743. The van der Waals surface area contributed by atoms with Crippen molar-refractivity contribution in [1.29, 1.82) is 0 Å². The lowest BCUT2D eigenvalue weighted by molar-refractivity contribution is -0.306. The van der Waals surface area contributed by atoms with Crippen molar-refractivity contribution in [2.75, 3.05) is 5.73 Å². The Morgan fingerprint density at radius 1 is 1.00 bits per heavy atom. The average Bonchev–Trinajstić information content (AvgIpc) is 2.66. The third-order valence-corrected chi connectivity index (χ3v) is 3.03. The molecule has 0 saturated carbocycles. The van der Waals surface area contributed by atoms with Crippen LogP contribution in [0.5, 0.6) is 5.88 Å². The van der Waals surface area contributed by atoms with E-state index in [0.29, 0.717) is 22.7 Å². The van der Waals surface area contributed by atoms with Gasteiger partial charge in [-0.2, -0.15) is 0 Å². The lowest BCUT2D eigenvalue weighted by Crippen LogP contribution is -2.15. The largest absolute Gasteiger partial charge is 0.473 e. The molecule has 0 bridgehead atoms. The topological polar surface area (TPSA) is 133 Å².